The lowest BCUT2D eigenvalue weighted by molar-refractivity contribution is -0.0200. The third-order valence-electron chi connectivity index (χ3n) is 3.29. The molecule has 0 heterocycles. The van der Waals surface area contributed by atoms with Crippen molar-refractivity contribution >= 4 is 0 Å². The highest BCUT2D eigenvalue weighted by molar-refractivity contribution is 4.79. The first-order valence-electron chi connectivity index (χ1n) is 6.28. The summed E-state index contributed by atoms with van der Waals surface area (Å²) in [5.41, 5.74) is 6.14. The molecule has 0 amide bonds. The molecule has 0 radical (unpaired) electrons. The van der Waals surface area contributed by atoms with E-state index in [4.69, 9.17) is 10.5 Å². The fraction of sp³-hybridized carbons (Fsp3) is 1.00. The molecule has 0 bridgehead atoms. The average Bonchev–Trinajstić information content (AvgIpc) is 2.13. The Morgan fingerprint density at radius 3 is 2.53 bits per heavy atom. The van der Waals surface area contributed by atoms with E-state index < -0.39 is 0 Å². The summed E-state index contributed by atoms with van der Waals surface area (Å²) in [6.45, 7) is 9.31. The van der Waals surface area contributed by atoms with Crippen LogP contribution in [0.2, 0.25) is 0 Å². The Labute approximate surface area is 94.6 Å². The topological polar surface area (TPSA) is 35.2 Å². The van der Waals surface area contributed by atoms with Crippen molar-refractivity contribution in [3.05, 3.63) is 0 Å². The highest BCUT2D eigenvalue weighted by Gasteiger charge is 2.25. The Balaban J connectivity index is 2.29. The second-order valence-corrected chi connectivity index (χ2v) is 6.12. The van der Waals surface area contributed by atoms with Crippen LogP contribution < -0.4 is 5.73 Å². The van der Waals surface area contributed by atoms with Gasteiger partial charge in [0.2, 0.25) is 0 Å². The van der Waals surface area contributed by atoms with Gasteiger partial charge in [-0.1, -0.05) is 19.8 Å². The summed E-state index contributed by atoms with van der Waals surface area (Å²) in [6, 6.07) is 0.229. The second-order valence-electron chi connectivity index (χ2n) is 6.12. The van der Waals surface area contributed by atoms with Gasteiger partial charge in [-0.25, -0.2) is 0 Å². The van der Waals surface area contributed by atoms with Crippen LogP contribution in [0.15, 0.2) is 0 Å². The third-order valence-corrected chi connectivity index (χ3v) is 3.29. The van der Waals surface area contributed by atoms with E-state index in [1.807, 2.05) is 0 Å². The van der Waals surface area contributed by atoms with Gasteiger partial charge in [0.15, 0.2) is 0 Å². The van der Waals surface area contributed by atoms with Crippen LogP contribution in [0, 0.1) is 11.8 Å². The molecular weight excluding hydrogens is 186 g/mol. The Morgan fingerprint density at radius 1 is 1.33 bits per heavy atom. The molecule has 2 heteroatoms. The van der Waals surface area contributed by atoms with Crippen LogP contribution in [-0.4, -0.2) is 18.2 Å². The lowest BCUT2D eigenvalue weighted by Crippen LogP contribution is -2.39. The van der Waals surface area contributed by atoms with Crippen LogP contribution >= 0.6 is 0 Å². The zero-order chi connectivity index (χ0) is 11.5. The molecule has 1 aliphatic carbocycles. The van der Waals surface area contributed by atoms with Crippen LogP contribution in [0.4, 0.5) is 0 Å². The molecule has 1 fully saturated rings. The molecule has 2 N–H and O–H groups in total. The van der Waals surface area contributed by atoms with Crippen molar-refractivity contribution in [2.24, 2.45) is 17.6 Å². The molecule has 1 rings (SSSR count). The van der Waals surface area contributed by atoms with Gasteiger partial charge < -0.3 is 10.5 Å². The van der Waals surface area contributed by atoms with Gasteiger partial charge in [0.05, 0.1) is 12.2 Å². The van der Waals surface area contributed by atoms with E-state index in [2.05, 4.69) is 27.7 Å². The maximum absolute atomic E-state index is 6.19. The quantitative estimate of drug-likeness (QED) is 0.782. The monoisotopic (exact) mass is 213 g/mol. The Hall–Kier alpha value is -0.0800. The highest BCUT2D eigenvalue weighted by atomic mass is 16.5. The Kier molecular flexibility index (Phi) is 4.60. The first-order chi connectivity index (χ1) is 6.88. The molecule has 0 spiro atoms. The summed E-state index contributed by atoms with van der Waals surface area (Å²) in [5.74, 6) is 1.53. The summed E-state index contributed by atoms with van der Waals surface area (Å²) in [6.07, 6.45) is 5.30. The van der Waals surface area contributed by atoms with Crippen molar-refractivity contribution in [2.75, 3.05) is 6.61 Å². The second kappa shape index (κ2) is 5.31. The van der Waals surface area contributed by atoms with Gasteiger partial charge in [0.25, 0.3) is 0 Å². The first-order valence-corrected chi connectivity index (χ1v) is 6.28. The molecule has 3 unspecified atom stereocenters. The predicted molar refractivity (Wildman–Crippen MR) is 64.8 cm³/mol. The molecular formula is C13H27NO. The average molecular weight is 213 g/mol. The minimum atomic E-state index is -0.0576. The lowest BCUT2D eigenvalue weighted by Gasteiger charge is -2.32. The van der Waals surface area contributed by atoms with Gasteiger partial charge in [-0.05, 0) is 45.4 Å². The molecule has 1 saturated carbocycles. The van der Waals surface area contributed by atoms with E-state index in [0.29, 0.717) is 12.5 Å². The Morgan fingerprint density at radius 2 is 2.00 bits per heavy atom. The fourth-order valence-electron chi connectivity index (χ4n) is 2.35. The molecule has 90 valence electrons. The SMILES string of the molecule is CC1CCCC(C(N)COC(C)(C)C)C1. The molecule has 0 aromatic carbocycles. The van der Waals surface area contributed by atoms with Gasteiger partial charge in [0, 0.05) is 6.04 Å². The largest absolute Gasteiger partial charge is 0.374 e. The summed E-state index contributed by atoms with van der Waals surface area (Å²) in [5, 5.41) is 0. The van der Waals surface area contributed by atoms with E-state index >= 15 is 0 Å². The van der Waals surface area contributed by atoms with Gasteiger partial charge in [-0.3, -0.25) is 0 Å². The van der Waals surface area contributed by atoms with E-state index in [0.717, 1.165) is 5.92 Å². The first kappa shape index (κ1) is 13.0. The number of rotatable bonds is 3. The van der Waals surface area contributed by atoms with Gasteiger partial charge in [-0.2, -0.15) is 0 Å². The maximum Gasteiger partial charge on any atom is 0.0627 e. The van der Waals surface area contributed by atoms with Crippen LogP contribution in [0.5, 0.6) is 0 Å². The number of hydrogen-bond acceptors (Lipinski definition) is 2. The fourth-order valence-corrected chi connectivity index (χ4v) is 2.35. The smallest absolute Gasteiger partial charge is 0.0627 e. The molecule has 0 aromatic rings. The minimum Gasteiger partial charge on any atom is -0.374 e. The van der Waals surface area contributed by atoms with E-state index in [-0.39, 0.29) is 11.6 Å². The molecule has 0 aliphatic heterocycles. The molecule has 0 saturated heterocycles. The molecule has 1 aliphatic rings. The van der Waals surface area contributed by atoms with Crippen molar-refractivity contribution in [3.63, 3.8) is 0 Å². The van der Waals surface area contributed by atoms with Crippen LogP contribution in [0.1, 0.15) is 53.4 Å². The third kappa shape index (κ3) is 4.98. The van der Waals surface area contributed by atoms with Crippen molar-refractivity contribution in [1.82, 2.24) is 0 Å². The Bertz CT molecular complexity index is 185. The van der Waals surface area contributed by atoms with E-state index in [1.165, 1.54) is 25.7 Å². The zero-order valence-corrected chi connectivity index (χ0v) is 10.8. The van der Waals surface area contributed by atoms with Crippen molar-refractivity contribution < 1.29 is 4.74 Å². The maximum atomic E-state index is 6.19. The summed E-state index contributed by atoms with van der Waals surface area (Å²) < 4.78 is 5.75. The standard InChI is InChI=1S/C13H27NO/c1-10-6-5-7-11(8-10)12(14)9-15-13(2,3)4/h10-12H,5-9,14H2,1-4H3. The lowest BCUT2D eigenvalue weighted by atomic mass is 9.79. The van der Waals surface area contributed by atoms with Gasteiger partial charge >= 0.3 is 0 Å². The van der Waals surface area contributed by atoms with Gasteiger partial charge in [-0.15, -0.1) is 0 Å². The minimum absolute atomic E-state index is 0.0576. The van der Waals surface area contributed by atoms with Crippen molar-refractivity contribution in [3.8, 4) is 0 Å². The summed E-state index contributed by atoms with van der Waals surface area (Å²) in [7, 11) is 0. The summed E-state index contributed by atoms with van der Waals surface area (Å²) >= 11 is 0. The normalized spacial score (nSPS) is 30.2. The zero-order valence-electron chi connectivity index (χ0n) is 10.8. The molecule has 15 heavy (non-hydrogen) atoms. The van der Waals surface area contributed by atoms with Crippen molar-refractivity contribution in [2.45, 2.75) is 65.0 Å². The van der Waals surface area contributed by atoms with E-state index in [9.17, 15) is 0 Å². The predicted octanol–water partition coefficient (Wildman–Crippen LogP) is 2.96. The molecule has 3 atom stereocenters. The van der Waals surface area contributed by atoms with E-state index in [1.54, 1.807) is 0 Å². The number of hydrogen-bond donors (Lipinski definition) is 1. The van der Waals surface area contributed by atoms with Gasteiger partial charge in [0.1, 0.15) is 0 Å². The van der Waals surface area contributed by atoms with Crippen LogP contribution in [-0.2, 0) is 4.74 Å². The molecule has 0 aromatic heterocycles. The van der Waals surface area contributed by atoms with Crippen LogP contribution in [0.25, 0.3) is 0 Å². The number of ether oxygens (including phenoxy) is 1. The van der Waals surface area contributed by atoms with Crippen LogP contribution in [0.3, 0.4) is 0 Å². The van der Waals surface area contributed by atoms with Crippen molar-refractivity contribution in [1.29, 1.82) is 0 Å². The highest BCUT2D eigenvalue weighted by Crippen LogP contribution is 2.30. The molecule has 2 nitrogen and oxygen atoms in total. The number of nitrogens with two attached hydrogens (primary N) is 1. The summed E-state index contributed by atoms with van der Waals surface area (Å²) in [4.78, 5) is 0.